The lowest BCUT2D eigenvalue weighted by Crippen LogP contribution is -2.11. The highest BCUT2D eigenvalue weighted by molar-refractivity contribution is 6.07. The molecule has 7 aromatic carbocycles. The van der Waals surface area contributed by atoms with Gasteiger partial charge >= 0.3 is 0 Å². The molecule has 0 atom stereocenters. The average Bonchev–Trinajstić information content (AvgIpc) is 3.44. The molecule has 0 aliphatic heterocycles. The van der Waals surface area contributed by atoms with E-state index >= 15 is 0 Å². The first-order valence-corrected chi connectivity index (χ1v) is 14.3. The van der Waals surface area contributed by atoms with Crippen molar-refractivity contribution in [3.05, 3.63) is 164 Å². The average molecular weight is 538 g/mol. The minimum absolute atomic E-state index is 0.904. The van der Waals surface area contributed by atoms with Crippen molar-refractivity contribution in [3.8, 4) is 22.3 Å². The maximum atomic E-state index is 6.12. The van der Waals surface area contributed by atoms with Crippen LogP contribution in [0.3, 0.4) is 0 Å². The highest BCUT2D eigenvalue weighted by Crippen LogP contribution is 2.42. The molecule has 0 radical (unpaired) electrons. The molecular formula is C40H27NO. The van der Waals surface area contributed by atoms with E-state index in [0.717, 1.165) is 50.1 Å². The van der Waals surface area contributed by atoms with Crippen molar-refractivity contribution in [2.45, 2.75) is 0 Å². The summed E-state index contributed by atoms with van der Waals surface area (Å²) < 4.78 is 6.12. The monoisotopic (exact) mass is 537 g/mol. The molecule has 8 aromatic rings. The van der Waals surface area contributed by atoms with Crippen LogP contribution in [0, 0.1) is 0 Å². The Hall–Kier alpha value is -5.60. The molecule has 198 valence electrons. The van der Waals surface area contributed by atoms with E-state index in [1.807, 2.05) is 12.1 Å². The fraction of sp³-hybridized carbons (Fsp3) is 0. The molecule has 0 aliphatic carbocycles. The van der Waals surface area contributed by atoms with Crippen molar-refractivity contribution in [2.75, 3.05) is 4.90 Å². The van der Waals surface area contributed by atoms with Crippen molar-refractivity contribution in [1.29, 1.82) is 0 Å². The fourth-order valence-electron chi connectivity index (χ4n) is 5.98. The first-order valence-electron chi connectivity index (χ1n) is 14.3. The Kier molecular flexibility index (Phi) is 5.82. The molecule has 0 fully saturated rings. The third-order valence-electron chi connectivity index (χ3n) is 8.06. The van der Waals surface area contributed by atoms with Gasteiger partial charge in [-0.1, -0.05) is 109 Å². The second-order valence-corrected chi connectivity index (χ2v) is 10.6. The van der Waals surface area contributed by atoms with E-state index in [0.29, 0.717) is 0 Å². The maximum absolute atomic E-state index is 6.12. The van der Waals surface area contributed by atoms with Gasteiger partial charge in [0.25, 0.3) is 0 Å². The predicted octanol–water partition coefficient (Wildman–Crippen LogP) is 11.5. The molecule has 0 saturated heterocycles. The maximum Gasteiger partial charge on any atom is 0.135 e. The van der Waals surface area contributed by atoms with Crippen LogP contribution < -0.4 is 4.90 Å². The van der Waals surface area contributed by atoms with Gasteiger partial charge in [-0.15, -0.1) is 0 Å². The lowest BCUT2D eigenvalue weighted by atomic mass is 9.99. The fourth-order valence-corrected chi connectivity index (χ4v) is 5.98. The van der Waals surface area contributed by atoms with Crippen molar-refractivity contribution in [2.24, 2.45) is 0 Å². The third kappa shape index (κ3) is 4.22. The van der Waals surface area contributed by atoms with Gasteiger partial charge < -0.3 is 9.32 Å². The first kappa shape index (κ1) is 24.2. The second kappa shape index (κ2) is 10.1. The lowest BCUT2D eigenvalue weighted by molar-refractivity contribution is 0.669. The van der Waals surface area contributed by atoms with Crippen LogP contribution in [0.2, 0.25) is 0 Å². The Bertz CT molecular complexity index is 2190. The van der Waals surface area contributed by atoms with Crippen molar-refractivity contribution < 1.29 is 4.42 Å². The van der Waals surface area contributed by atoms with E-state index < -0.39 is 0 Å². The number of anilines is 3. The smallest absolute Gasteiger partial charge is 0.135 e. The molecule has 0 unspecified atom stereocenters. The molecule has 1 heterocycles. The first-order chi connectivity index (χ1) is 20.8. The molecule has 0 saturated carbocycles. The number of fused-ring (bicyclic) bond motifs is 4. The molecule has 0 bridgehead atoms. The van der Waals surface area contributed by atoms with E-state index in [4.69, 9.17) is 4.42 Å². The van der Waals surface area contributed by atoms with E-state index in [-0.39, 0.29) is 0 Å². The largest absolute Gasteiger partial charge is 0.456 e. The predicted molar refractivity (Wildman–Crippen MR) is 177 cm³/mol. The normalized spacial score (nSPS) is 11.3. The second-order valence-electron chi connectivity index (χ2n) is 10.6. The van der Waals surface area contributed by atoms with Gasteiger partial charge in [0.2, 0.25) is 0 Å². The summed E-state index contributed by atoms with van der Waals surface area (Å²) in [4.78, 5) is 2.34. The van der Waals surface area contributed by atoms with E-state index in [1.165, 1.54) is 21.9 Å². The van der Waals surface area contributed by atoms with Gasteiger partial charge in [0.15, 0.2) is 0 Å². The number of hydrogen-bond donors (Lipinski definition) is 0. The van der Waals surface area contributed by atoms with Crippen LogP contribution in [-0.2, 0) is 0 Å². The Morgan fingerprint density at radius 3 is 1.90 bits per heavy atom. The Labute approximate surface area is 244 Å². The molecule has 8 rings (SSSR count). The third-order valence-corrected chi connectivity index (χ3v) is 8.06. The lowest BCUT2D eigenvalue weighted by Gasteiger charge is -2.28. The Balaban J connectivity index is 1.25. The Morgan fingerprint density at radius 1 is 0.381 bits per heavy atom. The molecule has 0 N–H and O–H groups in total. The summed E-state index contributed by atoms with van der Waals surface area (Å²) in [5, 5.41) is 4.77. The van der Waals surface area contributed by atoms with Crippen LogP contribution in [0.25, 0.3) is 55.0 Å². The van der Waals surface area contributed by atoms with Crippen LogP contribution in [0.15, 0.2) is 168 Å². The van der Waals surface area contributed by atoms with Gasteiger partial charge in [-0.25, -0.2) is 0 Å². The van der Waals surface area contributed by atoms with Crippen LogP contribution >= 0.6 is 0 Å². The summed E-state index contributed by atoms with van der Waals surface area (Å²) in [6, 6.07) is 58.1. The van der Waals surface area contributed by atoms with Gasteiger partial charge in [-0.2, -0.15) is 0 Å². The summed E-state index contributed by atoms with van der Waals surface area (Å²) in [6.07, 6.45) is 0. The van der Waals surface area contributed by atoms with Crippen LogP contribution in [0.4, 0.5) is 17.1 Å². The Morgan fingerprint density at radius 2 is 1.02 bits per heavy atom. The van der Waals surface area contributed by atoms with Crippen molar-refractivity contribution >= 4 is 49.8 Å². The number of hydrogen-bond acceptors (Lipinski definition) is 2. The number of furan rings is 1. The van der Waals surface area contributed by atoms with Crippen LogP contribution in [-0.4, -0.2) is 0 Å². The highest BCUT2D eigenvalue weighted by atomic mass is 16.3. The molecule has 1 aromatic heterocycles. The topological polar surface area (TPSA) is 16.4 Å². The summed E-state index contributed by atoms with van der Waals surface area (Å²) in [5.41, 5.74) is 9.87. The number of benzene rings is 7. The van der Waals surface area contributed by atoms with Crippen molar-refractivity contribution in [1.82, 2.24) is 0 Å². The molecule has 0 aliphatic rings. The van der Waals surface area contributed by atoms with E-state index in [2.05, 4.69) is 157 Å². The van der Waals surface area contributed by atoms with Gasteiger partial charge in [-0.05, 0) is 82.1 Å². The summed E-state index contributed by atoms with van der Waals surface area (Å²) >= 11 is 0. The van der Waals surface area contributed by atoms with Crippen molar-refractivity contribution in [3.63, 3.8) is 0 Å². The number of para-hydroxylation sites is 3. The minimum Gasteiger partial charge on any atom is -0.456 e. The quantitative estimate of drug-likeness (QED) is 0.217. The minimum atomic E-state index is 0.904. The van der Waals surface area contributed by atoms with Gasteiger partial charge in [0.05, 0.1) is 5.69 Å². The molecular weight excluding hydrogens is 510 g/mol. The van der Waals surface area contributed by atoms with Crippen LogP contribution in [0.5, 0.6) is 0 Å². The highest BCUT2D eigenvalue weighted by Gasteiger charge is 2.18. The van der Waals surface area contributed by atoms with Gasteiger partial charge in [0.1, 0.15) is 11.2 Å². The molecule has 2 nitrogen and oxygen atoms in total. The molecule has 42 heavy (non-hydrogen) atoms. The SMILES string of the molecule is c1ccc(N(c2ccc(-c3ccc4ccccc4c3)cc2)c2ccccc2-c2ccc3oc4ccccc4c3c2)cc1. The van der Waals surface area contributed by atoms with Gasteiger partial charge in [-0.3, -0.25) is 0 Å². The summed E-state index contributed by atoms with van der Waals surface area (Å²) in [7, 11) is 0. The number of nitrogens with zero attached hydrogens (tertiary/aromatic N) is 1. The zero-order valence-corrected chi connectivity index (χ0v) is 22.9. The van der Waals surface area contributed by atoms with Crippen LogP contribution in [0.1, 0.15) is 0 Å². The van der Waals surface area contributed by atoms with E-state index in [9.17, 15) is 0 Å². The van der Waals surface area contributed by atoms with E-state index in [1.54, 1.807) is 0 Å². The number of rotatable bonds is 5. The zero-order valence-electron chi connectivity index (χ0n) is 22.9. The van der Waals surface area contributed by atoms with Gasteiger partial charge in [0, 0.05) is 27.7 Å². The summed E-state index contributed by atoms with van der Waals surface area (Å²) in [6.45, 7) is 0. The molecule has 2 heteroatoms. The molecule has 0 amide bonds. The summed E-state index contributed by atoms with van der Waals surface area (Å²) in [5.74, 6) is 0. The zero-order chi connectivity index (χ0) is 27.9. The molecule has 0 spiro atoms. The standard InChI is InChI=1S/C40H27NO/c1-2-12-33(13-3-1)41(34-23-20-29(21-24-34)31-19-18-28-10-4-5-11-30(28)26-31)38-16-8-6-14-35(38)32-22-25-40-37(27-32)36-15-7-9-17-39(36)42-40/h1-27H.